The Labute approximate surface area is 145 Å². The second-order valence-electron chi connectivity index (χ2n) is 6.53. The summed E-state index contributed by atoms with van der Waals surface area (Å²) in [7, 11) is 0. The Hall–Kier alpha value is -1.54. The highest BCUT2D eigenvalue weighted by atomic mass is 32.2. The van der Waals surface area contributed by atoms with Crippen LogP contribution in [0, 0.1) is 26.7 Å². The van der Waals surface area contributed by atoms with E-state index in [0.717, 1.165) is 5.75 Å². The lowest BCUT2D eigenvalue weighted by atomic mass is 10.0. The Morgan fingerprint density at radius 1 is 1.00 bits per heavy atom. The summed E-state index contributed by atoms with van der Waals surface area (Å²) in [4.78, 5) is 6.23. The van der Waals surface area contributed by atoms with Crippen LogP contribution < -0.4 is 0 Å². The van der Waals surface area contributed by atoms with Gasteiger partial charge in [-0.25, -0.2) is 0 Å². The first-order valence-corrected chi connectivity index (χ1v) is 9.25. The van der Waals surface area contributed by atoms with Crippen LogP contribution in [0.5, 0.6) is 0 Å². The molecule has 0 aliphatic heterocycles. The van der Waals surface area contributed by atoms with Crippen molar-refractivity contribution in [1.82, 2.24) is 0 Å². The number of benzene rings is 2. The summed E-state index contributed by atoms with van der Waals surface area (Å²) >= 11 is 1.89. The van der Waals surface area contributed by atoms with Gasteiger partial charge in [0.1, 0.15) is 0 Å². The van der Waals surface area contributed by atoms with Crippen LogP contribution in [0.1, 0.15) is 36.1 Å². The molecule has 0 radical (unpaired) electrons. The van der Waals surface area contributed by atoms with Gasteiger partial charge < -0.3 is 0 Å². The minimum absolute atomic E-state index is 0.334. The molecule has 0 N–H and O–H groups in total. The maximum atomic E-state index is 4.91. The predicted molar refractivity (Wildman–Crippen MR) is 104 cm³/mol. The molecule has 0 saturated carbocycles. The van der Waals surface area contributed by atoms with Gasteiger partial charge in [0.25, 0.3) is 0 Å². The van der Waals surface area contributed by atoms with Gasteiger partial charge in [-0.15, -0.1) is 11.8 Å². The quantitative estimate of drug-likeness (QED) is 0.479. The molecule has 0 fully saturated rings. The summed E-state index contributed by atoms with van der Waals surface area (Å²) in [6.07, 6.45) is 2.08. The van der Waals surface area contributed by atoms with Gasteiger partial charge >= 0.3 is 0 Å². The average Bonchev–Trinajstić information content (AvgIpc) is 2.49. The molecule has 2 aromatic rings. The number of aryl methyl sites for hydroxylation is 3. The molecule has 0 unspecified atom stereocenters. The van der Waals surface area contributed by atoms with Gasteiger partial charge in [0.2, 0.25) is 0 Å². The van der Waals surface area contributed by atoms with Crippen molar-refractivity contribution in [2.24, 2.45) is 10.9 Å². The molecule has 2 heteroatoms. The molecule has 122 valence electrons. The summed E-state index contributed by atoms with van der Waals surface area (Å²) in [5.74, 6) is 1.55. The van der Waals surface area contributed by atoms with Crippen LogP contribution in [-0.4, -0.2) is 18.0 Å². The van der Waals surface area contributed by atoms with Crippen molar-refractivity contribution in [1.29, 1.82) is 0 Å². The Kier molecular flexibility index (Phi) is 6.47. The third kappa shape index (κ3) is 5.24. The topological polar surface area (TPSA) is 12.4 Å². The number of nitrogens with zero attached hydrogens (tertiary/aromatic N) is 1. The number of hydrogen-bond donors (Lipinski definition) is 0. The highest BCUT2D eigenvalue weighted by Gasteiger charge is 2.12. The van der Waals surface area contributed by atoms with Gasteiger partial charge in [-0.05, 0) is 55.5 Å². The minimum Gasteiger partial charge on any atom is -0.288 e. The van der Waals surface area contributed by atoms with E-state index >= 15 is 0 Å². The predicted octanol–water partition coefficient (Wildman–Crippen LogP) is 5.85. The summed E-state index contributed by atoms with van der Waals surface area (Å²) in [6, 6.07) is 15.4. The van der Waals surface area contributed by atoms with Crippen molar-refractivity contribution >= 4 is 18.0 Å². The highest BCUT2D eigenvalue weighted by molar-refractivity contribution is 7.99. The Balaban J connectivity index is 2.10. The molecule has 23 heavy (non-hydrogen) atoms. The molecule has 0 aliphatic rings. The fourth-order valence-corrected chi connectivity index (χ4v) is 3.85. The van der Waals surface area contributed by atoms with Crippen molar-refractivity contribution < 1.29 is 0 Å². The molecule has 0 spiro atoms. The zero-order chi connectivity index (χ0) is 16.8. The van der Waals surface area contributed by atoms with Gasteiger partial charge in [-0.2, -0.15) is 0 Å². The normalized spacial score (nSPS) is 13.0. The lowest BCUT2D eigenvalue weighted by molar-refractivity contribution is 0.539. The van der Waals surface area contributed by atoms with Crippen molar-refractivity contribution in [2.45, 2.75) is 45.6 Å². The summed E-state index contributed by atoms with van der Waals surface area (Å²) in [5, 5.41) is 0. The van der Waals surface area contributed by atoms with E-state index in [1.54, 1.807) is 0 Å². The van der Waals surface area contributed by atoms with E-state index in [-0.39, 0.29) is 0 Å². The van der Waals surface area contributed by atoms with Crippen molar-refractivity contribution in [3.05, 3.63) is 64.7 Å². The molecule has 1 nitrogen and oxygen atoms in total. The van der Waals surface area contributed by atoms with E-state index in [4.69, 9.17) is 4.99 Å². The minimum atomic E-state index is 0.334. The summed E-state index contributed by atoms with van der Waals surface area (Å²) < 4.78 is 0. The third-order valence-electron chi connectivity index (χ3n) is 4.07. The Bertz CT molecular complexity index is 636. The van der Waals surface area contributed by atoms with Gasteiger partial charge in [0, 0.05) is 16.9 Å². The standard InChI is InChI=1S/C21H27NS/c1-15(2)21(14-23-19-9-7-6-8-10-19)22-13-20-17(4)11-16(3)12-18(20)5/h6-13,15,21H,14H2,1-5H3/t21-/m1/s1. The smallest absolute Gasteiger partial charge is 0.0616 e. The molecule has 1 atom stereocenters. The van der Waals surface area contributed by atoms with Crippen LogP contribution in [0.3, 0.4) is 0 Å². The number of thioether (sulfide) groups is 1. The van der Waals surface area contributed by atoms with Crippen molar-refractivity contribution in [3.8, 4) is 0 Å². The van der Waals surface area contributed by atoms with E-state index in [9.17, 15) is 0 Å². The average molecular weight is 326 g/mol. The molecule has 0 heterocycles. The Morgan fingerprint density at radius 2 is 1.61 bits per heavy atom. The van der Waals surface area contributed by atoms with Gasteiger partial charge in [0.05, 0.1) is 6.04 Å². The fourth-order valence-electron chi connectivity index (χ4n) is 2.67. The number of aliphatic imine (C=N–C) groups is 1. The van der Waals surface area contributed by atoms with Gasteiger partial charge in [0.15, 0.2) is 0 Å². The number of hydrogen-bond acceptors (Lipinski definition) is 2. The molecule has 0 amide bonds. The molecule has 0 saturated heterocycles. The number of rotatable bonds is 6. The Morgan fingerprint density at radius 3 is 2.17 bits per heavy atom. The molecule has 0 bridgehead atoms. The summed E-state index contributed by atoms with van der Waals surface area (Å²) in [6.45, 7) is 11.0. The van der Waals surface area contributed by atoms with E-state index < -0.39 is 0 Å². The molecule has 0 aliphatic carbocycles. The summed E-state index contributed by atoms with van der Waals surface area (Å²) in [5.41, 5.74) is 5.21. The SMILES string of the molecule is Cc1cc(C)c(C=N[C@H](CSc2ccccc2)C(C)C)c(C)c1. The fraction of sp³-hybridized carbons (Fsp3) is 0.381. The zero-order valence-corrected chi connectivity index (χ0v) is 15.7. The van der Waals surface area contributed by atoms with Gasteiger partial charge in [-0.3, -0.25) is 4.99 Å². The lowest BCUT2D eigenvalue weighted by Crippen LogP contribution is -2.16. The van der Waals surface area contributed by atoms with E-state index in [0.29, 0.717) is 12.0 Å². The molecule has 2 aromatic carbocycles. The molecular weight excluding hydrogens is 298 g/mol. The van der Waals surface area contributed by atoms with E-state index in [2.05, 4.69) is 83.3 Å². The monoisotopic (exact) mass is 325 g/mol. The van der Waals surface area contributed by atoms with Crippen LogP contribution in [-0.2, 0) is 0 Å². The first-order valence-electron chi connectivity index (χ1n) is 8.26. The highest BCUT2D eigenvalue weighted by Crippen LogP contribution is 2.22. The van der Waals surface area contributed by atoms with Crippen LogP contribution >= 0.6 is 11.8 Å². The first kappa shape index (κ1) is 17.8. The van der Waals surface area contributed by atoms with Crippen LogP contribution in [0.15, 0.2) is 52.4 Å². The first-order chi connectivity index (χ1) is 11.0. The van der Waals surface area contributed by atoms with E-state index in [1.807, 2.05) is 11.8 Å². The second-order valence-corrected chi connectivity index (χ2v) is 7.62. The van der Waals surface area contributed by atoms with Gasteiger partial charge in [-0.1, -0.05) is 49.7 Å². The van der Waals surface area contributed by atoms with E-state index in [1.165, 1.54) is 27.1 Å². The lowest BCUT2D eigenvalue weighted by Gasteiger charge is -2.16. The molecule has 0 aromatic heterocycles. The maximum absolute atomic E-state index is 4.91. The zero-order valence-electron chi connectivity index (χ0n) is 14.8. The largest absolute Gasteiger partial charge is 0.288 e. The second kappa shape index (κ2) is 8.35. The van der Waals surface area contributed by atoms with Crippen molar-refractivity contribution in [3.63, 3.8) is 0 Å². The maximum Gasteiger partial charge on any atom is 0.0616 e. The van der Waals surface area contributed by atoms with Crippen LogP contribution in [0.25, 0.3) is 0 Å². The van der Waals surface area contributed by atoms with Crippen molar-refractivity contribution in [2.75, 3.05) is 5.75 Å². The third-order valence-corrected chi connectivity index (χ3v) is 5.18. The molecule has 2 rings (SSSR count). The van der Waals surface area contributed by atoms with Crippen LogP contribution in [0.4, 0.5) is 0 Å². The molecular formula is C21H27NS. The van der Waals surface area contributed by atoms with Crippen LogP contribution in [0.2, 0.25) is 0 Å².